The Balaban J connectivity index is 2.33. The van der Waals surface area contributed by atoms with Gasteiger partial charge in [0.1, 0.15) is 5.75 Å². The standard InChI is InChI=1S/C15H16N2O3/c1-10(15(16)18)20-13-6-4-3-5-12(13)11-7-8-14(19-2)17-9-11/h3-10H,1-2H3,(H2,16,18)/t10-/m1/s1. The number of amides is 1. The Kier molecular flexibility index (Phi) is 4.20. The molecular weight excluding hydrogens is 256 g/mol. The Morgan fingerprint density at radius 1 is 1.25 bits per heavy atom. The van der Waals surface area contributed by atoms with Gasteiger partial charge in [-0.05, 0) is 19.1 Å². The van der Waals surface area contributed by atoms with Gasteiger partial charge in [0, 0.05) is 23.4 Å². The van der Waals surface area contributed by atoms with Crippen molar-refractivity contribution in [2.45, 2.75) is 13.0 Å². The molecule has 2 rings (SSSR count). The maximum absolute atomic E-state index is 11.1. The summed E-state index contributed by atoms with van der Waals surface area (Å²) < 4.78 is 10.6. The molecule has 0 saturated heterocycles. The number of nitrogens with zero attached hydrogens (tertiary/aromatic N) is 1. The second-order valence-electron chi connectivity index (χ2n) is 4.25. The molecule has 0 fully saturated rings. The van der Waals surface area contributed by atoms with Crippen LogP contribution in [-0.4, -0.2) is 24.1 Å². The number of para-hydroxylation sites is 1. The van der Waals surface area contributed by atoms with E-state index in [0.717, 1.165) is 11.1 Å². The fourth-order valence-electron chi connectivity index (χ4n) is 1.72. The van der Waals surface area contributed by atoms with Crippen LogP contribution in [0.15, 0.2) is 42.6 Å². The van der Waals surface area contributed by atoms with E-state index < -0.39 is 12.0 Å². The number of benzene rings is 1. The topological polar surface area (TPSA) is 74.4 Å². The molecule has 1 amide bonds. The van der Waals surface area contributed by atoms with E-state index in [-0.39, 0.29) is 0 Å². The predicted octanol–water partition coefficient (Wildman–Crippen LogP) is 2.01. The van der Waals surface area contributed by atoms with Gasteiger partial charge >= 0.3 is 0 Å². The van der Waals surface area contributed by atoms with Crippen LogP contribution in [0.5, 0.6) is 11.6 Å². The minimum absolute atomic E-state index is 0.507. The van der Waals surface area contributed by atoms with Gasteiger partial charge in [-0.2, -0.15) is 0 Å². The second kappa shape index (κ2) is 6.06. The lowest BCUT2D eigenvalue weighted by molar-refractivity contribution is -0.123. The third-order valence-corrected chi connectivity index (χ3v) is 2.85. The number of aromatic nitrogens is 1. The highest BCUT2D eigenvalue weighted by atomic mass is 16.5. The molecule has 2 aromatic rings. The van der Waals surface area contributed by atoms with Gasteiger partial charge in [-0.25, -0.2) is 4.98 Å². The Morgan fingerprint density at radius 3 is 2.60 bits per heavy atom. The maximum atomic E-state index is 11.1. The molecule has 0 bridgehead atoms. The number of hydrogen-bond donors (Lipinski definition) is 1. The molecule has 2 N–H and O–H groups in total. The zero-order valence-electron chi connectivity index (χ0n) is 11.4. The number of nitrogens with two attached hydrogens (primary N) is 1. The average molecular weight is 272 g/mol. The van der Waals surface area contributed by atoms with Gasteiger partial charge in [0.2, 0.25) is 5.88 Å². The van der Waals surface area contributed by atoms with E-state index in [1.165, 1.54) is 0 Å². The molecule has 1 heterocycles. The second-order valence-corrected chi connectivity index (χ2v) is 4.25. The van der Waals surface area contributed by atoms with Gasteiger partial charge in [-0.1, -0.05) is 18.2 Å². The molecule has 1 aromatic carbocycles. The van der Waals surface area contributed by atoms with E-state index in [0.29, 0.717) is 11.6 Å². The molecule has 0 unspecified atom stereocenters. The van der Waals surface area contributed by atoms with Gasteiger partial charge in [-0.3, -0.25) is 4.79 Å². The summed E-state index contributed by atoms with van der Waals surface area (Å²) in [6.45, 7) is 1.62. The minimum Gasteiger partial charge on any atom is -0.481 e. The van der Waals surface area contributed by atoms with E-state index in [4.69, 9.17) is 15.2 Å². The Hall–Kier alpha value is -2.56. The van der Waals surface area contributed by atoms with Crippen LogP contribution < -0.4 is 15.2 Å². The molecule has 5 heteroatoms. The lowest BCUT2D eigenvalue weighted by atomic mass is 10.1. The predicted molar refractivity (Wildman–Crippen MR) is 75.5 cm³/mol. The molecule has 1 atom stereocenters. The van der Waals surface area contributed by atoms with Crippen molar-refractivity contribution < 1.29 is 14.3 Å². The molecule has 104 valence electrons. The molecule has 0 saturated carbocycles. The van der Waals surface area contributed by atoms with Crippen LogP contribution in [0.25, 0.3) is 11.1 Å². The van der Waals surface area contributed by atoms with E-state index in [1.54, 1.807) is 32.4 Å². The highest BCUT2D eigenvalue weighted by Crippen LogP contribution is 2.30. The molecular formula is C15H16N2O3. The summed E-state index contributed by atoms with van der Waals surface area (Å²) in [5.74, 6) is 0.621. The number of carbonyl (C=O) groups excluding carboxylic acids is 1. The molecule has 0 aliphatic carbocycles. The lowest BCUT2D eigenvalue weighted by Gasteiger charge is -2.15. The van der Waals surface area contributed by atoms with Crippen molar-refractivity contribution in [3.63, 3.8) is 0 Å². The molecule has 0 aliphatic heterocycles. The van der Waals surface area contributed by atoms with Crippen molar-refractivity contribution in [2.75, 3.05) is 7.11 Å². The Bertz CT molecular complexity index is 596. The van der Waals surface area contributed by atoms with Crippen LogP contribution >= 0.6 is 0 Å². The van der Waals surface area contributed by atoms with E-state index in [1.807, 2.05) is 24.3 Å². The largest absolute Gasteiger partial charge is 0.481 e. The summed E-state index contributed by atoms with van der Waals surface area (Å²) in [4.78, 5) is 15.3. The molecule has 0 aliphatic rings. The zero-order chi connectivity index (χ0) is 14.5. The normalized spacial score (nSPS) is 11.7. The monoisotopic (exact) mass is 272 g/mol. The van der Waals surface area contributed by atoms with Crippen LogP contribution in [0.4, 0.5) is 0 Å². The van der Waals surface area contributed by atoms with E-state index in [9.17, 15) is 4.79 Å². The quantitative estimate of drug-likeness (QED) is 0.903. The van der Waals surface area contributed by atoms with Crippen molar-refractivity contribution in [3.8, 4) is 22.8 Å². The fraction of sp³-hybridized carbons (Fsp3) is 0.200. The van der Waals surface area contributed by atoms with Crippen molar-refractivity contribution >= 4 is 5.91 Å². The SMILES string of the molecule is COc1ccc(-c2ccccc2O[C@H](C)C(N)=O)cn1. The third-order valence-electron chi connectivity index (χ3n) is 2.85. The highest BCUT2D eigenvalue weighted by molar-refractivity contribution is 5.79. The van der Waals surface area contributed by atoms with Gasteiger partial charge in [0.15, 0.2) is 6.10 Å². The number of hydrogen-bond acceptors (Lipinski definition) is 4. The Labute approximate surface area is 117 Å². The summed E-state index contributed by atoms with van der Waals surface area (Å²) in [5, 5.41) is 0. The van der Waals surface area contributed by atoms with Crippen molar-refractivity contribution in [1.82, 2.24) is 4.98 Å². The van der Waals surface area contributed by atoms with Crippen LogP contribution in [0.3, 0.4) is 0 Å². The fourth-order valence-corrected chi connectivity index (χ4v) is 1.72. The van der Waals surface area contributed by atoms with Crippen LogP contribution in [-0.2, 0) is 4.79 Å². The Morgan fingerprint density at radius 2 is 2.00 bits per heavy atom. The minimum atomic E-state index is -0.692. The first-order valence-corrected chi connectivity index (χ1v) is 6.17. The number of rotatable bonds is 5. The zero-order valence-corrected chi connectivity index (χ0v) is 11.4. The average Bonchev–Trinajstić information content (AvgIpc) is 2.48. The molecule has 0 spiro atoms. The first-order valence-electron chi connectivity index (χ1n) is 6.17. The first-order chi connectivity index (χ1) is 9.61. The number of primary amides is 1. The smallest absolute Gasteiger partial charge is 0.258 e. The van der Waals surface area contributed by atoms with Crippen LogP contribution in [0, 0.1) is 0 Å². The maximum Gasteiger partial charge on any atom is 0.258 e. The van der Waals surface area contributed by atoms with Gasteiger partial charge in [0.05, 0.1) is 7.11 Å². The lowest BCUT2D eigenvalue weighted by Crippen LogP contribution is -2.30. The van der Waals surface area contributed by atoms with Crippen molar-refractivity contribution in [2.24, 2.45) is 5.73 Å². The highest BCUT2D eigenvalue weighted by Gasteiger charge is 2.13. The van der Waals surface area contributed by atoms with E-state index in [2.05, 4.69) is 4.98 Å². The van der Waals surface area contributed by atoms with Gasteiger partial charge < -0.3 is 15.2 Å². The van der Waals surface area contributed by atoms with Crippen LogP contribution in [0.2, 0.25) is 0 Å². The first kappa shape index (κ1) is 13.9. The number of methoxy groups -OCH3 is 1. The molecule has 5 nitrogen and oxygen atoms in total. The van der Waals surface area contributed by atoms with Gasteiger partial charge in [-0.15, -0.1) is 0 Å². The summed E-state index contributed by atoms with van der Waals surface area (Å²) in [6.07, 6.45) is 0.998. The number of carbonyl (C=O) groups is 1. The summed E-state index contributed by atoms with van der Waals surface area (Å²) in [7, 11) is 1.56. The number of ether oxygens (including phenoxy) is 2. The molecule has 0 radical (unpaired) electrons. The van der Waals surface area contributed by atoms with Crippen molar-refractivity contribution in [1.29, 1.82) is 0 Å². The summed E-state index contributed by atoms with van der Waals surface area (Å²) in [5.41, 5.74) is 6.93. The van der Waals surface area contributed by atoms with Gasteiger partial charge in [0.25, 0.3) is 5.91 Å². The molecule has 1 aromatic heterocycles. The number of pyridine rings is 1. The summed E-state index contributed by atoms with van der Waals surface area (Å²) >= 11 is 0. The molecule has 20 heavy (non-hydrogen) atoms. The summed E-state index contributed by atoms with van der Waals surface area (Å²) in [6, 6.07) is 11.1. The van der Waals surface area contributed by atoms with E-state index >= 15 is 0 Å². The van der Waals surface area contributed by atoms with Crippen molar-refractivity contribution in [3.05, 3.63) is 42.6 Å². The van der Waals surface area contributed by atoms with Crippen LogP contribution in [0.1, 0.15) is 6.92 Å². The third kappa shape index (κ3) is 3.06.